The first-order chi connectivity index (χ1) is 24.7. The Morgan fingerprint density at radius 3 is 2.08 bits per heavy atom. The number of aromatic hydroxyl groups is 4. The van der Waals surface area contributed by atoms with Gasteiger partial charge in [0.15, 0.2) is 30.2 Å². The van der Waals surface area contributed by atoms with Crippen molar-refractivity contribution >= 4 is 11.0 Å². The van der Waals surface area contributed by atoms with Crippen molar-refractivity contribution in [3.8, 4) is 40.1 Å². The van der Waals surface area contributed by atoms with Crippen molar-refractivity contribution in [3.63, 3.8) is 0 Å². The van der Waals surface area contributed by atoms with Crippen molar-refractivity contribution in [1.29, 1.82) is 0 Å². The third-order valence-electron chi connectivity index (χ3n) is 8.96. The standard InChI is InChI=1S/C32H38O20/c33-7-19-22(40)24(42)27(45)30(50-19)47-9-20-23(41)25(43)29(52-31-26(44)21(39)16(38)8-46-31)32(51-20)49-18-6-12-14(36)4-11(34)5-17(12)48-28(18)10-1-2-13(35)15(37)3-10/h1-6,16,19-27,29-33,38-45H,7-9H2,(H3-,34,35,36,37)/p+1. The van der Waals surface area contributed by atoms with Crippen molar-refractivity contribution in [1.82, 2.24) is 0 Å². The summed E-state index contributed by atoms with van der Waals surface area (Å²) in [6.07, 6.45) is -24.1. The van der Waals surface area contributed by atoms with Gasteiger partial charge in [-0.2, -0.15) is 0 Å². The van der Waals surface area contributed by atoms with E-state index in [1.54, 1.807) is 0 Å². The van der Waals surface area contributed by atoms with Crippen LogP contribution in [0.5, 0.6) is 28.7 Å². The van der Waals surface area contributed by atoms with E-state index in [0.29, 0.717) is 0 Å². The molecule has 0 bridgehead atoms. The van der Waals surface area contributed by atoms with E-state index < -0.39 is 123 Å². The van der Waals surface area contributed by atoms with Crippen LogP contribution in [-0.2, 0) is 23.7 Å². The summed E-state index contributed by atoms with van der Waals surface area (Å²) in [6, 6.07) is 6.95. The predicted molar refractivity (Wildman–Crippen MR) is 166 cm³/mol. The monoisotopic (exact) mass is 743 g/mol. The van der Waals surface area contributed by atoms with Gasteiger partial charge in [0.2, 0.25) is 12.0 Å². The van der Waals surface area contributed by atoms with Gasteiger partial charge >= 0.3 is 11.3 Å². The molecule has 20 nitrogen and oxygen atoms in total. The van der Waals surface area contributed by atoms with Crippen molar-refractivity contribution in [2.75, 3.05) is 19.8 Å². The Morgan fingerprint density at radius 1 is 0.673 bits per heavy atom. The average Bonchev–Trinajstić information content (AvgIpc) is 3.11. The van der Waals surface area contributed by atoms with Crippen LogP contribution in [0.3, 0.4) is 0 Å². The molecule has 4 heterocycles. The van der Waals surface area contributed by atoms with Crippen LogP contribution in [0.2, 0.25) is 0 Å². The summed E-state index contributed by atoms with van der Waals surface area (Å²) >= 11 is 0. The zero-order chi connectivity index (χ0) is 37.6. The van der Waals surface area contributed by atoms with E-state index in [2.05, 4.69) is 0 Å². The average molecular weight is 744 g/mol. The fourth-order valence-electron chi connectivity index (χ4n) is 5.99. The lowest BCUT2D eigenvalue weighted by Crippen LogP contribution is -2.64. The minimum absolute atomic E-state index is 0.0148. The van der Waals surface area contributed by atoms with Gasteiger partial charge in [-0.05, 0) is 12.1 Å². The van der Waals surface area contributed by atoms with Gasteiger partial charge in [-0.15, -0.1) is 0 Å². The molecular formula is C32H39O20+. The fourth-order valence-corrected chi connectivity index (χ4v) is 5.99. The first kappa shape index (κ1) is 38.0. The summed E-state index contributed by atoms with van der Waals surface area (Å²) in [6.45, 7) is -1.95. The van der Waals surface area contributed by atoms with Crippen molar-refractivity contribution < 1.29 is 99.2 Å². The number of ether oxygens (including phenoxy) is 6. The Hall–Kier alpha value is -3.71. The van der Waals surface area contributed by atoms with Gasteiger partial charge in [0.1, 0.15) is 77.9 Å². The molecule has 0 amide bonds. The number of rotatable bonds is 9. The van der Waals surface area contributed by atoms with E-state index in [1.165, 1.54) is 18.2 Å². The predicted octanol–water partition coefficient (Wildman–Crippen LogP) is -3.33. The number of phenols is 4. The molecule has 14 atom stereocenters. The van der Waals surface area contributed by atoms with Gasteiger partial charge in [0.25, 0.3) is 0 Å². The van der Waals surface area contributed by atoms with E-state index in [4.69, 9.17) is 32.8 Å². The number of aliphatic hydroxyl groups excluding tert-OH is 9. The number of phenolic OH excluding ortho intramolecular Hbond substituents is 4. The largest absolute Gasteiger partial charge is 0.507 e. The molecule has 6 rings (SSSR count). The number of aliphatic hydroxyl groups is 9. The highest BCUT2D eigenvalue weighted by Gasteiger charge is 2.52. The molecule has 1 aromatic heterocycles. The van der Waals surface area contributed by atoms with Crippen LogP contribution in [0.25, 0.3) is 22.3 Å². The molecule has 3 fully saturated rings. The lowest BCUT2D eigenvalue weighted by atomic mass is 9.98. The van der Waals surface area contributed by atoms with Crippen LogP contribution in [0.4, 0.5) is 0 Å². The topological polar surface area (TPSA) is 330 Å². The summed E-state index contributed by atoms with van der Waals surface area (Å²) in [7, 11) is 0. The lowest BCUT2D eigenvalue weighted by molar-refractivity contribution is -0.353. The Morgan fingerprint density at radius 2 is 1.37 bits per heavy atom. The highest BCUT2D eigenvalue weighted by Crippen LogP contribution is 2.42. The number of benzene rings is 2. The van der Waals surface area contributed by atoms with Crippen LogP contribution >= 0.6 is 0 Å². The second kappa shape index (κ2) is 15.3. The number of hydrogen-bond acceptors (Lipinski definition) is 19. The minimum atomic E-state index is -1.97. The first-order valence-corrected chi connectivity index (χ1v) is 15.9. The zero-order valence-electron chi connectivity index (χ0n) is 26.8. The van der Waals surface area contributed by atoms with E-state index in [1.807, 2.05) is 0 Å². The first-order valence-electron chi connectivity index (χ1n) is 15.9. The Bertz CT molecular complexity index is 1710. The summed E-state index contributed by atoms with van der Waals surface area (Å²) in [5, 5.41) is 134. The molecule has 3 aliphatic rings. The van der Waals surface area contributed by atoms with Crippen LogP contribution in [0, 0.1) is 0 Å². The normalized spacial score (nSPS) is 36.9. The summed E-state index contributed by atoms with van der Waals surface area (Å²) < 4.78 is 40.0. The smallest absolute Gasteiger partial charge is 0.402 e. The SMILES string of the molecule is OCC1OC(OCC2OC(Oc3cc4c(O)cc(O)cc4[o+]c3-c3ccc(O)c(O)c3)C(OC3OCC(O)C(O)C3O)C(O)C2O)C(O)C(O)C1O. The van der Waals surface area contributed by atoms with Gasteiger partial charge < -0.3 is 94.8 Å². The molecule has 14 unspecified atom stereocenters. The lowest BCUT2D eigenvalue weighted by Gasteiger charge is -2.45. The third-order valence-corrected chi connectivity index (χ3v) is 8.96. The molecule has 0 spiro atoms. The Labute approximate surface area is 292 Å². The van der Waals surface area contributed by atoms with Gasteiger partial charge in [-0.1, -0.05) is 0 Å². The van der Waals surface area contributed by atoms with Crippen molar-refractivity contribution in [3.05, 3.63) is 36.4 Å². The number of hydrogen-bond donors (Lipinski definition) is 13. The van der Waals surface area contributed by atoms with Crippen LogP contribution in [-0.4, -0.2) is 172 Å². The maximum Gasteiger partial charge on any atom is 0.402 e. The van der Waals surface area contributed by atoms with E-state index in [9.17, 15) is 66.4 Å². The minimum Gasteiger partial charge on any atom is -0.507 e. The van der Waals surface area contributed by atoms with E-state index in [0.717, 1.165) is 18.2 Å². The van der Waals surface area contributed by atoms with Crippen LogP contribution in [0.15, 0.2) is 40.8 Å². The molecular weight excluding hydrogens is 704 g/mol. The Balaban J connectivity index is 1.36. The maximum atomic E-state index is 11.4. The maximum absolute atomic E-state index is 11.4. The molecule has 13 N–H and O–H groups in total. The fraction of sp³-hybridized carbons (Fsp3) is 0.531. The molecule has 20 heteroatoms. The second-order valence-corrected chi connectivity index (χ2v) is 12.5. The Kier molecular flexibility index (Phi) is 11.2. The molecule has 3 saturated heterocycles. The summed E-state index contributed by atoms with van der Waals surface area (Å²) in [5.74, 6) is -2.37. The molecule has 52 heavy (non-hydrogen) atoms. The summed E-state index contributed by atoms with van der Waals surface area (Å²) in [4.78, 5) is 0. The molecule has 0 radical (unpaired) electrons. The van der Waals surface area contributed by atoms with Gasteiger partial charge in [0, 0.05) is 18.2 Å². The van der Waals surface area contributed by atoms with Crippen molar-refractivity contribution in [2.45, 2.75) is 86.0 Å². The molecule has 3 aliphatic heterocycles. The van der Waals surface area contributed by atoms with Crippen LogP contribution in [0.1, 0.15) is 0 Å². The zero-order valence-corrected chi connectivity index (χ0v) is 26.8. The van der Waals surface area contributed by atoms with Crippen LogP contribution < -0.4 is 4.74 Å². The highest BCUT2D eigenvalue weighted by molar-refractivity contribution is 5.88. The second-order valence-electron chi connectivity index (χ2n) is 12.5. The molecule has 0 aliphatic carbocycles. The summed E-state index contributed by atoms with van der Waals surface area (Å²) in [5.41, 5.74) is 0.00635. The van der Waals surface area contributed by atoms with Crippen molar-refractivity contribution in [2.24, 2.45) is 0 Å². The molecule has 0 saturated carbocycles. The quantitative estimate of drug-likeness (QED) is 0.0753. The van der Waals surface area contributed by atoms with Gasteiger partial charge in [0.05, 0.1) is 31.5 Å². The van der Waals surface area contributed by atoms with E-state index in [-0.39, 0.29) is 33.8 Å². The highest BCUT2D eigenvalue weighted by atomic mass is 16.8. The molecule has 286 valence electrons. The van der Waals surface area contributed by atoms with Gasteiger partial charge in [-0.3, -0.25) is 0 Å². The third kappa shape index (κ3) is 7.40. The number of fused-ring (bicyclic) bond motifs is 1. The molecule has 2 aromatic carbocycles. The van der Waals surface area contributed by atoms with Gasteiger partial charge in [-0.25, -0.2) is 4.42 Å². The van der Waals surface area contributed by atoms with E-state index >= 15 is 0 Å². The molecule has 3 aromatic rings.